The molecule has 0 aliphatic carbocycles. The van der Waals surface area contributed by atoms with Crippen LogP contribution in [0.4, 0.5) is 0 Å². The van der Waals surface area contributed by atoms with Gasteiger partial charge in [0.1, 0.15) is 0 Å². The largest absolute Gasteiger partial charge is 0.356 e. The molecule has 2 aromatic carbocycles. The van der Waals surface area contributed by atoms with Gasteiger partial charge in [-0.2, -0.15) is 0 Å². The monoisotopic (exact) mass is 379 g/mol. The van der Waals surface area contributed by atoms with Crippen LogP contribution in [-0.4, -0.2) is 26.6 Å². The van der Waals surface area contributed by atoms with E-state index >= 15 is 0 Å². The molecule has 0 unspecified atom stereocenters. The Morgan fingerprint density at radius 3 is 2.44 bits per heavy atom. The topological polar surface area (TPSA) is 63.2 Å². The van der Waals surface area contributed by atoms with Crippen molar-refractivity contribution >= 4 is 27.3 Å². The second kappa shape index (κ2) is 9.02. The molecule has 0 aliphatic rings. The smallest absolute Gasteiger partial charge is 0.221 e. The van der Waals surface area contributed by atoms with E-state index in [1.807, 2.05) is 37.3 Å². The van der Waals surface area contributed by atoms with Crippen LogP contribution in [0.15, 0.2) is 48.5 Å². The number of halogens is 1. The van der Waals surface area contributed by atoms with E-state index in [2.05, 4.69) is 5.32 Å². The van der Waals surface area contributed by atoms with Gasteiger partial charge in [-0.15, -0.1) is 0 Å². The minimum absolute atomic E-state index is 0.0190. The van der Waals surface area contributed by atoms with Gasteiger partial charge in [0.2, 0.25) is 5.91 Å². The van der Waals surface area contributed by atoms with Gasteiger partial charge in [0.25, 0.3) is 0 Å². The summed E-state index contributed by atoms with van der Waals surface area (Å²) in [6, 6.07) is 14.8. The fourth-order valence-electron chi connectivity index (χ4n) is 2.42. The van der Waals surface area contributed by atoms with Crippen molar-refractivity contribution in [3.8, 4) is 0 Å². The minimum Gasteiger partial charge on any atom is -0.356 e. The third kappa shape index (κ3) is 6.88. The van der Waals surface area contributed by atoms with Gasteiger partial charge in [-0.3, -0.25) is 4.79 Å². The summed E-state index contributed by atoms with van der Waals surface area (Å²) in [6.45, 7) is 2.35. The van der Waals surface area contributed by atoms with Crippen LogP contribution in [0.2, 0.25) is 5.02 Å². The zero-order valence-corrected chi connectivity index (χ0v) is 15.7. The fourth-order valence-corrected chi connectivity index (χ4v) is 3.98. The molecule has 1 N–H and O–H groups in total. The van der Waals surface area contributed by atoms with Crippen LogP contribution >= 0.6 is 11.6 Å². The lowest BCUT2D eigenvalue weighted by atomic mass is 10.1. The number of hydrogen-bond acceptors (Lipinski definition) is 3. The first kappa shape index (κ1) is 19.5. The van der Waals surface area contributed by atoms with Crippen LogP contribution in [0.1, 0.15) is 23.1 Å². The summed E-state index contributed by atoms with van der Waals surface area (Å²) in [4.78, 5) is 11.9. The molecule has 2 aromatic rings. The summed E-state index contributed by atoms with van der Waals surface area (Å²) in [5.74, 6) is -0.423. The Kier molecular flexibility index (Phi) is 7.02. The highest BCUT2D eigenvalue weighted by atomic mass is 35.5. The second-order valence-corrected chi connectivity index (χ2v) is 8.62. The lowest BCUT2D eigenvalue weighted by Crippen LogP contribution is -2.27. The molecule has 0 aliphatic heterocycles. The maximum Gasteiger partial charge on any atom is 0.221 e. The molecule has 0 atom stereocenters. The van der Waals surface area contributed by atoms with E-state index in [0.717, 1.165) is 16.7 Å². The van der Waals surface area contributed by atoms with Crippen molar-refractivity contribution in [2.45, 2.75) is 25.5 Å². The maximum atomic E-state index is 12.2. The Balaban J connectivity index is 1.75. The molecule has 4 nitrogen and oxygen atoms in total. The molecule has 0 saturated heterocycles. The zero-order valence-electron chi connectivity index (χ0n) is 14.2. The normalized spacial score (nSPS) is 11.3. The fraction of sp³-hybridized carbons (Fsp3) is 0.316. The Bertz CT molecular complexity index is 817. The standard InChI is InChI=1S/C19H22ClNO3S/c1-15-4-2-3-5-17(15)14-25(23,24)13-11-19(22)21-12-10-16-6-8-18(20)9-7-16/h2-9H,10-14H2,1H3,(H,21,22). The molecule has 1 amide bonds. The molecule has 0 bridgehead atoms. The van der Waals surface area contributed by atoms with Gasteiger partial charge in [-0.25, -0.2) is 8.42 Å². The predicted molar refractivity (Wildman–Crippen MR) is 101 cm³/mol. The number of aryl methyl sites for hydroxylation is 1. The van der Waals surface area contributed by atoms with Crippen molar-refractivity contribution < 1.29 is 13.2 Å². The van der Waals surface area contributed by atoms with E-state index in [0.29, 0.717) is 18.0 Å². The molecule has 0 heterocycles. The van der Waals surface area contributed by atoms with E-state index in [9.17, 15) is 13.2 Å². The number of benzene rings is 2. The first-order valence-electron chi connectivity index (χ1n) is 8.12. The summed E-state index contributed by atoms with van der Waals surface area (Å²) < 4.78 is 24.4. The number of carbonyl (C=O) groups excluding carboxylic acids is 1. The molecule has 2 rings (SSSR count). The van der Waals surface area contributed by atoms with Crippen molar-refractivity contribution in [1.29, 1.82) is 0 Å². The number of sulfone groups is 1. The van der Waals surface area contributed by atoms with E-state index in [4.69, 9.17) is 11.6 Å². The quantitative estimate of drug-likeness (QED) is 0.765. The molecule has 0 radical (unpaired) electrons. The van der Waals surface area contributed by atoms with Gasteiger partial charge >= 0.3 is 0 Å². The summed E-state index contributed by atoms with van der Waals surface area (Å²) >= 11 is 5.82. The molecule has 0 saturated carbocycles. The van der Waals surface area contributed by atoms with Crippen LogP contribution in [0, 0.1) is 6.92 Å². The van der Waals surface area contributed by atoms with E-state index in [-0.39, 0.29) is 23.8 Å². The van der Waals surface area contributed by atoms with E-state index < -0.39 is 9.84 Å². The predicted octanol–water partition coefficient (Wildman–Crippen LogP) is 3.31. The number of amides is 1. The molecule has 0 spiro atoms. The van der Waals surface area contributed by atoms with Gasteiger partial charge in [-0.1, -0.05) is 48.0 Å². The van der Waals surface area contributed by atoms with Crippen molar-refractivity contribution in [2.24, 2.45) is 0 Å². The highest BCUT2D eigenvalue weighted by molar-refractivity contribution is 7.90. The Labute approximate surface area is 154 Å². The first-order chi connectivity index (χ1) is 11.9. The minimum atomic E-state index is -3.31. The molecule has 25 heavy (non-hydrogen) atoms. The lowest BCUT2D eigenvalue weighted by Gasteiger charge is -2.08. The number of carbonyl (C=O) groups is 1. The van der Waals surface area contributed by atoms with Gasteiger partial charge in [0.05, 0.1) is 11.5 Å². The van der Waals surface area contributed by atoms with E-state index in [1.54, 1.807) is 18.2 Å². The summed E-state index contributed by atoms with van der Waals surface area (Å²) in [5.41, 5.74) is 2.79. The summed E-state index contributed by atoms with van der Waals surface area (Å²) in [5, 5.41) is 3.43. The van der Waals surface area contributed by atoms with Crippen molar-refractivity contribution in [1.82, 2.24) is 5.32 Å². The van der Waals surface area contributed by atoms with Crippen molar-refractivity contribution in [3.05, 3.63) is 70.2 Å². The summed E-state index contributed by atoms with van der Waals surface area (Å²) in [6.07, 6.45) is 0.660. The van der Waals surface area contributed by atoms with Crippen molar-refractivity contribution in [2.75, 3.05) is 12.3 Å². The SMILES string of the molecule is Cc1ccccc1CS(=O)(=O)CCC(=O)NCCc1ccc(Cl)cc1. The number of nitrogens with one attached hydrogen (secondary N) is 1. The van der Waals surface area contributed by atoms with Gasteiger partial charge in [0.15, 0.2) is 9.84 Å². The molecular weight excluding hydrogens is 358 g/mol. The van der Waals surface area contributed by atoms with Gasteiger partial charge in [-0.05, 0) is 42.2 Å². The second-order valence-electron chi connectivity index (χ2n) is 5.99. The van der Waals surface area contributed by atoms with Crippen LogP contribution < -0.4 is 5.32 Å². The molecular formula is C19H22ClNO3S. The van der Waals surface area contributed by atoms with Crippen LogP contribution in [0.5, 0.6) is 0 Å². The van der Waals surface area contributed by atoms with Gasteiger partial charge in [0, 0.05) is 18.0 Å². The molecule has 0 fully saturated rings. The first-order valence-corrected chi connectivity index (χ1v) is 10.3. The van der Waals surface area contributed by atoms with Crippen LogP contribution in [-0.2, 0) is 26.8 Å². The Morgan fingerprint density at radius 2 is 1.76 bits per heavy atom. The average molecular weight is 380 g/mol. The van der Waals surface area contributed by atoms with E-state index in [1.165, 1.54) is 0 Å². The molecule has 0 aromatic heterocycles. The number of rotatable bonds is 8. The number of hydrogen-bond donors (Lipinski definition) is 1. The lowest BCUT2D eigenvalue weighted by molar-refractivity contribution is -0.120. The van der Waals surface area contributed by atoms with Crippen LogP contribution in [0.25, 0.3) is 0 Å². The molecule has 6 heteroatoms. The highest BCUT2D eigenvalue weighted by Crippen LogP contribution is 2.12. The Hall–Kier alpha value is -1.85. The highest BCUT2D eigenvalue weighted by Gasteiger charge is 2.15. The van der Waals surface area contributed by atoms with Crippen molar-refractivity contribution in [3.63, 3.8) is 0 Å². The third-order valence-corrected chi connectivity index (χ3v) is 5.75. The maximum absolute atomic E-state index is 12.2. The third-order valence-electron chi connectivity index (χ3n) is 3.93. The molecule has 134 valence electrons. The van der Waals surface area contributed by atoms with Crippen LogP contribution in [0.3, 0.4) is 0 Å². The van der Waals surface area contributed by atoms with Gasteiger partial charge < -0.3 is 5.32 Å². The Morgan fingerprint density at radius 1 is 1.08 bits per heavy atom. The summed E-state index contributed by atoms with van der Waals surface area (Å²) in [7, 11) is -3.31. The average Bonchev–Trinajstić information content (AvgIpc) is 2.57. The zero-order chi connectivity index (χ0) is 18.3.